The van der Waals surface area contributed by atoms with E-state index in [1.165, 1.54) is 36.8 Å². The maximum absolute atomic E-state index is 6.43. The van der Waals surface area contributed by atoms with E-state index < -0.39 is 0 Å². The number of benzene rings is 1. The highest BCUT2D eigenvalue weighted by Gasteiger charge is 2.23. The molecule has 0 amide bonds. The Morgan fingerprint density at radius 1 is 1.35 bits per heavy atom. The summed E-state index contributed by atoms with van der Waals surface area (Å²) in [5.41, 5.74) is 9.25. The van der Waals surface area contributed by atoms with Crippen LogP contribution in [0.15, 0.2) is 24.3 Å². The molecule has 0 heterocycles. The van der Waals surface area contributed by atoms with Crippen molar-refractivity contribution in [3.8, 4) is 0 Å². The van der Waals surface area contributed by atoms with E-state index in [1.54, 1.807) is 7.11 Å². The van der Waals surface area contributed by atoms with Gasteiger partial charge >= 0.3 is 0 Å². The number of nitrogens with two attached hydrogens (primary N) is 1. The molecule has 0 spiro atoms. The second kappa shape index (κ2) is 6.18. The van der Waals surface area contributed by atoms with Crippen LogP contribution in [0.25, 0.3) is 0 Å². The maximum atomic E-state index is 6.43. The van der Waals surface area contributed by atoms with Gasteiger partial charge in [-0.25, -0.2) is 0 Å². The summed E-state index contributed by atoms with van der Waals surface area (Å²) in [6.07, 6.45) is 6.01. The van der Waals surface area contributed by atoms with Gasteiger partial charge in [-0.05, 0) is 49.1 Å². The molecular formula is C15H23NO. The first-order valence-corrected chi connectivity index (χ1v) is 6.65. The van der Waals surface area contributed by atoms with Gasteiger partial charge in [-0.2, -0.15) is 0 Å². The molecule has 1 aromatic carbocycles. The molecule has 17 heavy (non-hydrogen) atoms. The first-order chi connectivity index (χ1) is 8.33. The summed E-state index contributed by atoms with van der Waals surface area (Å²) in [7, 11) is 1.77. The molecule has 0 fully saturated rings. The fraction of sp³-hybridized carbons (Fsp3) is 0.600. The van der Waals surface area contributed by atoms with Crippen LogP contribution < -0.4 is 5.73 Å². The van der Waals surface area contributed by atoms with Crippen molar-refractivity contribution >= 4 is 0 Å². The van der Waals surface area contributed by atoms with Crippen molar-refractivity contribution < 1.29 is 4.74 Å². The largest absolute Gasteiger partial charge is 0.385 e. The molecule has 2 rings (SSSR count). The Labute approximate surface area is 104 Å². The van der Waals surface area contributed by atoms with Crippen LogP contribution in [0.2, 0.25) is 0 Å². The third kappa shape index (κ3) is 3.08. The quantitative estimate of drug-likeness (QED) is 0.641. The number of ether oxygens (including phenoxy) is 1. The Morgan fingerprint density at radius 2 is 2.18 bits per heavy atom. The summed E-state index contributed by atoms with van der Waals surface area (Å²) in [5, 5.41) is 0. The molecule has 0 aromatic heterocycles. The lowest BCUT2D eigenvalue weighted by molar-refractivity contribution is 0.183. The number of hydrogen-bond acceptors (Lipinski definition) is 2. The smallest absolute Gasteiger partial charge is 0.0462 e. The van der Waals surface area contributed by atoms with E-state index in [0.717, 1.165) is 13.0 Å². The number of methoxy groups -OCH3 is 1. The molecule has 1 aliphatic rings. The summed E-state index contributed by atoms with van der Waals surface area (Å²) in [4.78, 5) is 0. The van der Waals surface area contributed by atoms with Crippen LogP contribution in [-0.4, -0.2) is 13.7 Å². The van der Waals surface area contributed by atoms with Crippen molar-refractivity contribution in [2.24, 2.45) is 11.7 Å². The van der Waals surface area contributed by atoms with Crippen molar-refractivity contribution in [2.45, 2.75) is 38.1 Å². The van der Waals surface area contributed by atoms with Gasteiger partial charge in [0.25, 0.3) is 0 Å². The lowest BCUT2D eigenvalue weighted by Crippen LogP contribution is -2.21. The van der Waals surface area contributed by atoms with Gasteiger partial charge in [-0.1, -0.05) is 24.3 Å². The van der Waals surface area contributed by atoms with Crippen LogP contribution in [0.4, 0.5) is 0 Å². The van der Waals surface area contributed by atoms with Crippen molar-refractivity contribution in [1.82, 2.24) is 0 Å². The molecule has 2 heteroatoms. The Hall–Kier alpha value is -0.860. The lowest BCUT2D eigenvalue weighted by atomic mass is 9.88. The molecule has 1 aromatic rings. The van der Waals surface area contributed by atoms with E-state index >= 15 is 0 Å². The Morgan fingerprint density at radius 3 is 3.00 bits per heavy atom. The van der Waals surface area contributed by atoms with E-state index in [0.29, 0.717) is 5.92 Å². The van der Waals surface area contributed by atoms with Gasteiger partial charge < -0.3 is 10.5 Å². The molecule has 0 saturated heterocycles. The minimum atomic E-state index is 0.213. The van der Waals surface area contributed by atoms with Gasteiger partial charge in [-0.3, -0.25) is 0 Å². The normalized spacial score (nSPS) is 24.1. The Bertz CT molecular complexity index is 351. The Balaban J connectivity index is 2.06. The minimum Gasteiger partial charge on any atom is -0.385 e. The van der Waals surface area contributed by atoms with Gasteiger partial charge in [-0.15, -0.1) is 0 Å². The van der Waals surface area contributed by atoms with Crippen LogP contribution in [-0.2, 0) is 11.2 Å². The monoisotopic (exact) mass is 233 g/mol. The standard InChI is InChI=1S/C15H23NO/c1-17-11-5-9-13-8-4-7-12-6-2-3-10-14(12)15(13)16/h2-3,6,10,13,15H,4-5,7-9,11,16H2,1H3. The topological polar surface area (TPSA) is 35.2 Å². The van der Waals surface area contributed by atoms with E-state index in [2.05, 4.69) is 24.3 Å². The van der Waals surface area contributed by atoms with Gasteiger partial charge in [0.1, 0.15) is 0 Å². The zero-order valence-corrected chi connectivity index (χ0v) is 10.7. The fourth-order valence-corrected chi connectivity index (χ4v) is 2.89. The summed E-state index contributed by atoms with van der Waals surface area (Å²) in [6.45, 7) is 0.852. The molecule has 0 aliphatic heterocycles. The van der Waals surface area contributed by atoms with Gasteiger partial charge in [0.05, 0.1) is 0 Å². The van der Waals surface area contributed by atoms with Gasteiger partial charge in [0.15, 0.2) is 0 Å². The molecular weight excluding hydrogens is 210 g/mol. The second-order valence-corrected chi connectivity index (χ2v) is 5.01. The van der Waals surface area contributed by atoms with Gasteiger partial charge in [0.2, 0.25) is 0 Å². The van der Waals surface area contributed by atoms with Crippen LogP contribution in [0, 0.1) is 5.92 Å². The molecule has 2 N–H and O–H groups in total. The number of rotatable bonds is 4. The average Bonchev–Trinajstić information content (AvgIpc) is 2.51. The molecule has 0 saturated carbocycles. The third-order valence-corrected chi connectivity index (χ3v) is 3.87. The Kier molecular flexibility index (Phi) is 4.57. The predicted octanol–water partition coefficient (Wildman–Crippen LogP) is 3.07. The van der Waals surface area contributed by atoms with Crippen LogP contribution in [0.5, 0.6) is 0 Å². The van der Waals surface area contributed by atoms with Crippen molar-refractivity contribution in [2.75, 3.05) is 13.7 Å². The van der Waals surface area contributed by atoms with E-state index in [1.807, 2.05) is 0 Å². The molecule has 2 nitrogen and oxygen atoms in total. The van der Waals surface area contributed by atoms with Crippen LogP contribution in [0.3, 0.4) is 0 Å². The number of hydrogen-bond donors (Lipinski definition) is 1. The van der Waals surface area contributed by atoms with Crippen LogP contribution >= 0.6 is 0 Å². The van der Waals surface area contributed by atoms with Crippen molar-refractivity contribution in [3.63, 3.8) is 0 Å². The highest BCUT2D eigenvalue weighted by Crippen LogP contribution is 2.33. The molecule has 0 bridgehead atoms. The summed E-state index contributed by atoms with van der Waals surface area (Å²) in [5.74, 6) is 0.619. The fourth-order valence-electron chi connectivity index (χ4n) is 2.89. The third-order valence-electron chi connectivity index (χ3n) is 3.87. The molecule has 2 atom stereocenters. The van der Waals surface area contributed by atoms with Crippen LogP contribution in [0.1, 0.15) is 42.9 Å². The SMILES string of the molecule is COCCCC1CCCc2ccccc2C1N. The first-order valence-electron chi connectivity index (χ1n) is 6.65. The highest BCUT2D eigenvalue weighted by molar-refractivity contribution is 5.31. The maximum Gasteiger partial charge on any atom is 0.0462 e. The van der Waals surface area contributed by atoms with Crippen molar-refractivity contribution in [3.05, 3.63) is 35.4 Å². The zero-order valence-electron chi connectivity index (χ0n) is 10.7. The summed E-state index contributed by atoms with van der Waals surface area (Å²) >= 11 is 0. The summed E-state index contributed by atoms with van der Waals surface area (Å²) < 4.78 is 5.13. The second-order valence-electron chi connectivity index (χ2n) is 5.01. The minimum absolute atomic E-state index is 0.213. The molecule has 0 radical (unpaired) electrons. The zero-order chi connectivity index (χ0) is 12.1. The lowest BCUT2D eigenvalue weighted by Gasteiger charge is -2.22. The molecule has 94 valence electrons. The average molecular weight is 233 g/mol. The summed E-state index contributed by atoms with van der Waals surface area (Å²) in [6, 6.07) is 8.87. The van der Waals surface area contributed by atoms with E-state index in [-0.39, 0.29) is 6.04 Å². The van der Waals surface area contributed by atoms with Gasteiger partial charge in [0, 0.05) is 19.8 Å². The number of fused-ring (bicyclic) bond motifs is 1. The van der Waals surface area contributed by atoms with E-state index in [4.69, 9.17) is 10.5 Å². The predicted molar refractivity (Wildman–Crippen MR) is 70.9 cm³/mol. The molecule has 1 aliphatic carbocycles. The molecule has 2 unspecified atom stereocenters. The first kappa shape index (κ1) is 12.6. The number of aryl methyl sites for hydroxylation is 1. The van der Waals surface area contributed by atoms with E-state index in [9.17, 15) is 0 Å². The van der Waals surface area contributed by atoms with Crippen molar-refractivity contribution in [1.29, 1.82) is 0 Å². The highest BCUT2D eigenvalue weighted by atomic mass is 16.5.